The first-order valence-electron chi connectivity index (χ1n) is 6.26. The second kappa shape index (κ2) is 6.00. The number of hydrogen-bond donors (Lipinski definition) is 1. The summed E-state index contributed by atoms with van der Waals surface area (Å²) in [6, 6.07) is 1.98. The highest BCUT2D eigenvalue weighted by Crippen LogP contribution is 2.30. The predicted molar refractivity (Wildman–Crippen MR) is 69.9 cm³/mol. The molecule has 0 bridgehead atoms. The minimum atomic E-state index is -0.272. The lowest BCUT2D eigenvalue weighted by Gasteiger charge is -2.03. The first-order valence-corrected chi connectivity index (χ1v) is 7.07. The molecule has 0 saturated heterocycles. The van der Waals surface area contributed by atoms with Gasteiger partial charge < -0.3 is 10.1 Å². The van der Waals surface area contributed by atoms with Crippen molar-refractivity contribution in [3.8, 4) is 0 Å². The van der Waals surface area contributed by atoms with Crippen molar-refractivity contribution >= 4 is 23.2 Å². The van der Waals surface area contributed by atoms with Crippen LogP contribution in [0.3, 0.4) is 0 Å². The number of hydrogen-bond acceptors (Lipinski definition) is 4. The van der Waals surface area contributed by atoms with E-state index in [1.54, 1.807) is 18.3 Å². The minimum Gasteiger partial charge on any atom is -0.466 e. The maximum atomic E-state index is 11.8. The van der Waals surface area contributed by atoms with Gasteiger partial charge in [-0.15, -0.1) is 11.3 Å². The van der Waals surface area contributed by atoms with E-state index < -0.39 is 0 Å². The fourth-order valence-corrected chi connectivity index (χ4v) is 3.21. The maximum absolute atomic E-state index is 11.8. The Hall–Kier alpha value is -1.36. The average Bonchev–Trinajstić information content (AvgIpc) is 2.89. The van der Waals surface area contributed by atoms with Crippen LogP contribution >= 0.6 is 11.3 Å². The summed E-state index contributed by atoms with van der Waals surface area (Å²) in [6.45, 7) is 2.48. The van der Waals surface area contributed by atoms with E-state index >= 15 is 0 Å². The summed E-state index contributed by atoms with van der Waals surface area (Å²) in [5.74, 6) is -0.356. The van der Waals surface area contributed by atoms with Crippen molar-refractivity contribution in [2.24, 2.45) is 0 Å². The van der Waals surface area contributed by atoms with Crippen LogP contribution in [0.25, 0.3) is 0 Å². The first-order chi connectivity index (χ1) is 8.70. The van der Waals surface area contributed by atoms with Crippen molar-refractivity contribution in [3.05, 3.63) is 21.4 Å². The number of ether oxygens (including phenoxy) is 1. The molecule has 0 fully saturated rings. The molecule has 1 aromatic heterocycles. The normalized spacial score (nSPS) is 13.2. The summed E-state index contributed by atoms with van der Waals surface area (Å²) in [7, 11) is 0. The van der Waals surface area contributed by atoms with Crippen LogP contribution in [0.1, 0.15) is 39.9 Å². The van der Waals surface area contributed by atoms with Crippen LogP contribution in [0.15, 0.2) is 6.07 Å². The Kier molecular flexibility index (Phi) is 4.36. The van der Waals surface area contributed by atoms with Crippen LogP contribution < -0.4 is 5.32 Å². The minimum absolute atomic E-state index is 0.0845. The Morgan fingerprint density at radius 3 is 3.00 bits per heavy atom. The van der Waals surface area contributed by atoms with Crippen LogP contribution in [0.5, 0.6) is 0 Å². The molecule has 1 aliphatic carbocycles. The fourth-order valence-electron chi connectivity index (χ4n) is 2.04. The molecule has 0 radical (unpaired) electrons. The molecule has 0 atom stereocenters. The van der Waals surface area contributed by atoms with E-state index in [-0.39, 0.29) is 18.3 Å². The smallest absolute Gasteiger partial charge is 0.307 e. The summed E-state index contributed by atoms with van der Waals surface area (Å²) in [6.07, 6.45) is 3.61. The Labute approximate surface area is 110 Å². The molecule has 0 aromatic carbocycles. The van der Waals surface area contributed by atoms with Crippen molar-refractivity contribution in [2.75, 3.05) is 13.2 Å². The second-order valence-corrected chi connectivity index (χ2v) is 5.36. The molecule has 18 heavy (non-hydrogen) atoms. The number of fused-ring (bicyclic) bond motifs is 1. The SMILES string of the molecule is CCOC(=O)CCNC(=O)c1cc2c(s1)CCC2. The predicted octanol–water partition coefficient (Wildman–Crippen LogP) is 1.92. The third-order valence-corrected chi connectivity index (χ3v) is 4.13. The zero-order valence-corrected chi connectivity index (χ0v) is 11.3. The van der Waals surface area contributed by atoms with Crippen molar-refractivity contribution in [3.63, 3.8) is 0 Å². The molecule has 5 heteroatoms. The van der Waals surface area contributed by atoms with E-state index in [9.17, 15) is 9.59 Å². The lowest BCUT2D eigenvalue weighted by molar-refractivity contribution is -0.142. The van der Waals surface area contributed by atoms with Crippen LogP contribution in [-0.2, 0) is 22.4 Å². The molecule has 2 rings (SSSR count). The Bertz CT molecular complexity index is 432. The van der Waals surface area contributed by atoms with E-state index in [1.807, 2.05) is 6.07 Å². The number of carbonyl (C=O) groups excluding carboxylic acids is 2. The van der Waals surface area contributed by atoms with Crippen LogP contribution in [-0.4, -0.2) is 25.0 Å². The van der Waals surface area contributed by atoms with Gasteiger partial charge >= 0.3 is 5.97 Å². The number of esters is 1. The van der Waals surface area contributed by atoms with Crippen LogP contribution in [0.4, 0.5) is 0 Å². The Morgan fingerprint density at radius 1 is 1.44 bits per heavy atom. The van der Waals surface area contributed by atoms with Gasteiger partial charge in [-0.25, -0.2) is 0 Å². The van der Waals surface area contributed by atoms with E-state index in [0.29, 0.717) is 13.2 Å². The molecular weight excluding hydrogens is 250 g/mol. The average molecular weight is 267 g/mol. The molecule has 98 valence electrons. The van der Waals surface area contributed by atoms with E-state index in [1.165, 1.54) is 16.9 Å². The van der Waals surface area contributed by atoms with Crippen molar-refractivity contribution in [1.82, 2.24) is 5.32 Å². The number of amides is 1. The molecule has 0 saturated carbocycles. The van der Waals surface area contributed by atoms with Crippen molar-refractivity contribution in [2.45, 2.75) is 32.6 Å². The summed E-state index contributed by atoms with van der Waals surface area (Å²) < 4.78 is 4.79. The van der Waals surface area contributed by atoms with Gasteiger partial charge in [-0.1, -0.05) is 0 Å². The lowest BCUT2D eigenvalue weighted by Crippen LogP contribution is -2.25. The molecule has 1 aliphatic rings. The number of rotatable bonds is 5. The van der Waals surface area contributed by atoms with Gasteiger partial charge in [-0.05, 0) is 37.8 Å². The quantitative estimate of drug-likeness (QED) is 0.829. The van der Waals surface area contributed by atoms with Gasteiger partial charge in [0.2, 0.25) is 0 Å². The van der Waals surface area contributed by atoms with E-state index in [4.69, 9.17) is 4.74 Å². The van der Waals surface area contributed by atoms with Gasteiger partial charge in [0, 0.05) is 11.4 Å². The highest BCUT2D eigenvalue weighted by Gasteiger charge is 2.18. The second-order valence-electron chi connectivity index (χ2n) is 4.22. The third kappa shape index (κ3) is 3.10. The lowest BCUT2D eigenvalue weighted by atomic mass is 10.2. The molecule has 1 N–H and O–H groups in total. The monoisotopic (exact) mass is 267 g/mol. The topological polar surface area (TPSA) is 55.4 Å². The largest absolute Gasteiger partial charge is 0.466 e. The van der Waals surface area contributed by atoms with Gasteiger partial charge in [0.1, 0.15) is 0 Å². The van der Waals surface area contributed by atoms with Crippen LogP contribution in [0.2, 0.25) is 0 Å². The molecule has 0 aliphatic heterocycles. The number of aryl methyl sites for hydroxylation is 2. The Morgan fingerprint density at radius 2 is 2.28 bits per heavy atom. The standard InChI is InChI=1S/C13H17NO3S/c1-2-17-12(15)6-7-14-13(16)11-8-9-4-3-5-10(9)18-11/h8H,2-7H2,1H3,(H,14,16). The van der Waals surface area contributed by atoms with Gasteiger partial charge in [0.25, 0.3) is 5.91 Å². The summed E-state index contributed by atoms with van der Waals surface area (Å²) >= 11 is 1.57. The first kappa shape index (κ1) is 13.1. The highest BCUT2D eigenvalue weighted by atomic mass is 32.1. The molecule has 1 amide bonds. The highest BCUT2D eigenvalue weighted by molar-refractivity contribution is 7.14. The van der Waals surface area contributed by atoms with Gasteiger partial charge in [0.05, 0.1) is 17.9 Å². The zero-order chi connectivity index (χ0) is 13.0. The molecule has 1 aromatic rings. The fraction of sp³-hybridized carbons (Fsp3) is 0.538. The molecule has 0 unspecified atom stereocenters. The molecule has 4 nitrogen and oxygen atoms in total. The zero-order valence-electron chi connectivity index (χ0n) is 10.5. The Balaban J connectivity index is 1.79. The van der Waals surface area contributed by atoms with Crippen molar-refractivity contribution in [1.29, 1.82) is 0 Å². The van der Waals surface area contributed by atoms with Crippen molar-refractivity contribution < 1.29 is 14.3 Å². The number of carbonyl (C=O) groups is 2. The molecular formula is C13H17NO3S. The summed E-state index contributed by atoms with van der Waals surface area (Å²) in [4.78, 5) is 25.0. The summed E-state index contributed by atoms with van der Waals surface area (Å²) in [5.41, 5.74) is 1.32. The van der Waals surface area contributed by atoms with E-state index in [2.05, 4.69) is 5.32 Å². The van der Waals surface area contributed by atoms with Crippen LogP contribution in [0, 0.1) is 0 Å². The van der Waals surface area contributed by atoms with Gasteiger partial charge in [-0.2, -0.15) is 0 Å². The number of thiophene rings is 1. The third-order valence-electron chi connectivity index (χ3n) is 2.89. The summed E-state index contributed by atoms with van der Waals surface area (Å²) in [5, 5.41) is 2.75. The van der Waals surface area contributed by atoms with Gasteiger partial charge in [-0.3, -0.25) is 9.59 Å². The molecule has 0 spiro atoms. The van der Waals surface area contributed by atoms with E-state index in [0.717, 1.165) is 17.7 Å². The van der Waals surface area contributed by atoms with Gasteiger partial charge in [0.15, 0.2) is 0 Å². The maximum Gasteiger partial charge on any atom is 0.307 e. The number of nitrogens with one attached hydrogen (secondary N) is 1. The molecule has 1 heterocycles.